The smallest absolute Gasteiger partial charge is 0.212 e. The summed E-state index contributed by atoms with van der Waals surface area (Å²) in [5, 5.41) is 0. The van der Waals surface area contributed by atoms with Crippen LogP contribution in [0.2, 0.25) is 0 Å². The third kappa shape index (κ3) is 3.59. The lowest BCUT2D eigenvalue weighted by molar-refractivity contribution is 0.471. The van der Waals surface area contributed by atoms with E-state index >= 15 is 0 Å². The first-order valence-electron chi connectivity index (χ1n) is 5.99. The molecule has 0 radical (unpaired) electrons. The van der Waals surface area contributed by atoms with Gasteiger partial charge in [0.2, 0.25) is 10.0 Å². The molecule has 16 heavy (non-hydrogen) atoms. The highest BCUT2D eigenvalue weighted by atomic mass is 32.2. The summed E-state index contributed by atoms with van der Waals surface area (Å²) in [4.78, 5) is 0. The van der Waals surface area contributed by atoms with Crippen molar-refractivity contribution in [3.63, 3.8) is 0 Å². The van der Waals surface area contributed by atoms with E-state index in [0.29, 0.717) is 24.9 Å². The monoisotopic (exact) mass is 245 g/mol. The Bertz CT molecular complexity index is 355. The molecule has 0 bridgehead atoms. The van der Waals surface area contributed by atoms with Gasteiger partial charge in [0.1, 0.15) is 0 Å². The minimum atomic E-state index is -3.04. The lowest BCUT2D eigenvalue weighted by atomic mass is 10.1. The largest absolute Gasteiger partial charge is 0.214 e. The second-order valence-corrected chi connectivity index (χ2v) is 7.31. The Hall–Kier alpha value is -0.350. The van der Waals surface area contributed by atoms with Crippen LogP contribution in [0, 0.1) is 11.8 Å². The predicted octanol–water partition coefficient (Wildman–Crippen LogP) is 2.26. The molecule has 0 spiro atoms. The minimum absolute atomic E-state index is 0.282. The molecule has 1 rings (SSSR count). The lowest BCUT2D eigenvalue weighted by Gasteiger charge is -2.18. The standard InChI is InChI=1S/C12H23NO2S/c1-10(2)6-8-16(14,15)13-7-5-12(9-13)11(3)4/h5,10-11H,6-9H2,1-4H3. The number of hydrogen-bond acceptors (Lipinski definition) is 2. The Balaban J connectivity index is 2.55. The Morgan fingerprint density at radius 1 is 1.31 bits per heavy atom. The van der Waals surface area contributed by atoms with Gasteiger partial charge < -0.3 is 0 Å². The summed E-state index contributed by atoms with van der Waals surface area (Å²) in [6.07, 6.45) is 2.80. The van der Waals surface area contributed by atoms with E-state index < -0.39 is 10.0 Å². The maximum atomic E-state index is 12.0. The number of sulfonamides is 1. The van der Waals surface area contributed by atoms with Crippen molar-refractivity contribution in [2.24, 2.45) is 11.8 Å². The van der Waals surface area contributed by atoms with Crippen LogP contribution in [0.3, 0.4) is 0 Å². The molecule has 0 aromatic carbocycles. The molecule has 1 heterocycles. The summed E-state index contributed by atoms with van der Waals surface area (Å²) >= 11 is 0. The van der Waals surface area contributed by atoms with Gasteiger partial charge in [-0.3, -0.25) is 0 Å². The molecule has 1 aliphatic rings. The van der Waals surface area contributed by atoms with Crippen LogP contribution in [-0.2, 0) is 10.0 Å². The van der Waals surface area contributed by atoms with Crippen LogP contribution < -0.4 is 0 Å². The highest BCUT2D eigenvalue weighted by Gasteiger charge is 2.26. The molecule has 0 saturated carbocycles. The molecule has 4 heteroatoms. The molecule has 0 aromatic rings. The van der Waals surface area contributed by atoms with Crippen molar-refractivity contribution in [1.29, 1.82) is 0 Å². The van der Waals surface area contributed by atoms with E-state index in [9.17, 15) is 8.42 Å². The van der Waals surface area contributed by atoms with Crippen LogP contribution in [0.4, 0.5) is 0 Å². The van der Waals surface area contributed by atoms with E-state index in [2.05, 4.69) is 33.8 Å². The van der Waals surface area contributed by atoms with Gasteiger partial charge in [-0.1, -0.05) is 39.3 Å². The van der Waals surface area contributed by atoms with Gasteiger partial charge in [-0.25, -0.2) is 8.42 Å². The van der Waals surface area contributed by atoms with E-state index in [0.717, 1.165) is 6.42 Å². The van der Waals surface area contributed by atoms with Crippen molar-refractivity contribution >= 4 is 10.0 Å². The average Bonchev–Trinajstić information content (AvgIpc) is 2.64. The van der Waals surface area contributed by atoms with Gasteiger partial charge >= 0.3 is 0 Å². The molecule has 3 nitrogen and oxygen atoms in total. The Labute approximate surface area is 99.6 Å². The first-order valence-corrected chi connectivity index (χ1v) is 7.60. The Morgan fingerprint density at radius 2 is 1.94 bits per heavy atom. The van der Waals surface area contributed by atoms with Crippen molar-refractivity contribution in [3.05, 3.63) is 11.6 Å². The quantitative estimate of drug-likeness (QED) is 0.697. The third-order valence-corrected chi connectivity index (χ3v) is 4.82. The molecule has 0 unspecified atom stereocenters. The van der Waals surface area contributed by atoms with E-state index in [-0.39, 0.29) is 5.75 Å². The van der Waals surface area contributed by atoms with Crippen LogP contribution >= 0.6 is 0 Å². The van der Waals surface area contributed by atoms with E-state index in [1.807, 2.05) is 0 Å². The molecule has 0 amide bonds. The lowest BCUT2D eigenvalue weighted by Crippen LogP contribution is -2.32. The summed E-state index contributed by atoms with van der Waals surface area (Å²) in [6, 6.07) is 0. The molecule has 0 N–H and O–H groups in total. The summed E-state index contributed by atoms with van der Waals surface area (Å²) in [5.74, 6) is 1.17. The summed E-state index contributed by atoms with van der Waals surface area (Å²) in [5.41, 5.74) is 1.24. The van der Waals surface area contributed by atoms with Crippen LogP contribution in [0.5, 0.6) is 0 Å². The van der Waals surface area contributed by atoms with Gasteiger partial charge in [0.05, 0.1) is 5.75 Å². The van der Waals surface area contributed by atoms with Crippen LogP contribution in [0.1, 0.15) is 34.1 Å². The van der Waals surface area contributed by atoms with Gasteiger partial charge in [0.25, 0.3) is 0 Å². The minimum Gasteiger partial charge on any atom is -0.212 e. The van der Waals surface area contributed by atoms with Gasteiger partial charge in [-0.15, -0.1) is 0 Å². The van der Waals surface area contributed by atoms with Gasteiger partial charge in [0, 0.05) is 13.1 Å². The molecule has 0 atom stereocenters. The number of hydrogen-bond donors (Lipinski definition) is 0. The van der Waals surface area contributed by atoms with E-state index in [4.69, 9.17) is 0 Å². The van der Waals surface area contributed by atoms with Crippen molar-refractivity contribution in [2.45, 2.75) is 34.1 Å². The van der Waals surface area contributed by atoms with Gasteiger partial charge in [-0.2, -0.15) is 4.31 Å². The first-order chi connectivity index (χ1) is 7.33. The molecule has 94 valence electrons. The first kappa shape index (κ1) is 13.7. The zero-order chi connectivity index (χ0) is 12.3. The topological polar surface area (TPSA) is 37.4 Å². The van der Waals surface area contributed by atoms with E-state index in [1.54, 1.807) is 4.31 Å². The molecule has 0 aromatic heterocycles. The third-order valence-electron chi connectivity index (χ3n) is 3.00. The second-order valence-electron chi connectivity index (χ2n) is 5.22. The molecule has 0 aliphatic carbocycles. The molecular formula is C12H23NO2S. The predicted molar refractivity (Wildman–Crippen MR) is 67.7 cm³/mol. The fourth-order valence-electron chi connectivity index (χ4n) is 1.70. The fraction of sp³-hybridized carbons (Fsp3) is 0.833. The molecular weight excluding hydrogens is 222 g/mol. The molecule has 1 aliphatic heterocycles. The average molecular weight is 245 g/mol. The maximum Gasteiger partial charge on any atom is 0.214 e. The fourth-order valence-corrected chi connectivity index (χ4v) is 3.37. The zero-order valence-corrected chi connectivity index (χ0v) is 11.5. The zero-order valence-electron chi connectivity index (χ0n) is 10.7. The summed E-state index contributed by atoms with van der Waals surface area (Å²) < 4.78 is 25.6. The Morgan fingerprint density at radius 3 is 2.38 bits per heavy atom. The van der Waals surface area contributed by atoms with Crippen molar-refractivity contribution in [1.82, 2.24) is 4.31 Å². The summed E-state index contributed by atoms with van der Waals surface area (Å²) in [6.45, 7) is 9.48. The van der Waals surface area contributed by atoms with Crippen molar-refractivity contribution in [3.8, 4) is 0 Å². The molecule has 0 fully saturated rings. The molecule has 0 saturated heterocycles. The van der Waals surface area contributed by atoms with E-state index in [1.165, 1.54) is 5.57 Å². The highest BCUT2D eigenvalue weighted by molar-refractivity contribution is 7.89. The van der Waals surface area contributed by atoms with Crippen LogP contribution in [-0.4, -0.2) is 31.6 Å². The van der Waals surface area contributed by atoms with Crippen molar-refractivity contribution < 1.29 is 8.42 Å². The van der Waals surface area contributed by atoms with Gasteiger partial charge in [-0.05, 0) is 18.3 Å². The van der Waals surface area contributed by atoms with Crippen LogP contribution in [0.25, 0.3) is 0 Å². The Kier molecular flexibility index (Phi) is 4.56. The number of nitrogens with zero attached hydrogens (tertiary/aromatic N) is 1. The highest BCUT2D eigenvalue weighted by Crippen LogP contribution is 2.20. The van der Waals surface area contributed by atoms with Crippen molar-refractivity contribution in [2.75, 3.05) is 18.8 Å². The van der Waals surface area contributed by atoms with Crippen LogP contribution in [0.15, 0.2) is 11.6 Å². The SMILES string of the molecule is CC(C)CCS(=O)(=O)N1CC=C(C(C)C)C1. The van der Waals surface area contributed by atoms with Gasteiger partial charge in [0.15, 0.2) is 0 Å². The normalized spacial score (nSPS) is 18.5. The second kappa shape index (κ2) is 5.32. The number of rotatable bonds is 5. The maximum absolute atomic E-state index is 12.0. The summed E-state index contributed by atoms with van der Waals surface area (Å²) in [7, 11) is -3.04.